The van der Waals surface area contributed by atoms with Crippen molar-refractivity contribution < 1.29 is 9.53 Å². The summed E-state index contributed by atoms with van der Waals surface area (Å²) < 4.78 is 5.22. The van der Waals surface area contributed by atoms with Crippen LogP contribution < -0.4 is 5.32 Å². The van der Waals surface area contributed by atoms with E-state index >= 15 is 0 Å². The summed E-state index contributed by atoms with van der Waals surface area (Å²) in [6.45, 7) is 1.55. The molecule has 2 unspecified atom stereocenters. The van der Waals surface area contributed by atoms with Crippen LogP contribution in [0.3, 0.4) is 0 Å². The number of carbonyl (C=O) groups excluding carboxylic acids is 1. The molecule has 2 rings (SSSR count). The van der Waals surface area contributed by atoms with Crippen molar-refractivity contribution in [2.45, 2.75) is 18.9 Å². The number of rotatable bonds is 0. The minimum atomic E-state index is 0.195. The van der Waals surface area contributed by atoms with Crippen LogP contribution in [0.1, 0.15) is 12.8 Å². The molecule has 1 N–H and O–H groups in total. The number of ether oxygens (including phenoxy) is 1. The monoisotopic (exact) mass is 141 g/mol. The van der Waals surface area contributed by atoms with Crippen molar-refractivity contribution in [1.82, 2.24) is 5.32 Å². The highest BCUT2D eigenvalue weighted by atomic mass is 16.5. The largest absolute Gasteiger partial charge is 0.379 e. The first-order valence-corrected chi connectivity index (χ1v) is 3.73. The van der Waals surface area contributed by atoms with Crippen LogP contribution in [-0.4, -0.2) is 25.2 Å². The Kier molecular flexibility index (Phi) is 1.38. The van der Waals surface area contributed by atoms with Gasteiger partial charge in [0.1, 0.15) is 0 Å². The van der Waals surface area contributed by atoms with Gasteiger partial charge in [-0.15, -0.1) is 0 Å². The maximum absolute atomic E-state index is 10.8. The van der Waals surface area contributed by atoms with Gasteiger partial charge in [-0.25, -0.2) is 0 Å². The topological polar surface area (TPSA) is 38.3 Å². The van der Waals surface area contributed by atoms with Crippen molar-refractivity contribution in [3.05, 3.63) is 0 Å². The number of fused-ring (bicyclic) bond motifs is 1. The molecule has 10 heavy (non-hydrogen) atoms. The average Bonchev–Trinajstić information content (AvgIpc) is 2.27. The lowest BCUT2D eigenvalue weighted by atomic mass is 9.96. The van der Waals surface area contributed by atoms with E-state index in [-0.39, 0.29) is 5.91 Å². The van der Waals surface area contributed by atoms with E-state index in [0.717, 1.165) is 19.6 Å². The van der Waals surface area contributed by atoms with Gasteiger partial charge in [0.25, 0.3) is 0 Å². The van der Waals surface area contributed by atoms with Gasteiger partial charge in [0.15, 0.2) is 0 Å². The number of hydrogen-bond acceptors (Lipinski definition) is 2. The average molecular weight is 141 g/mol. The molecule has 2 atom stereocenters. The summed E-state index contributed by atoms with van der Waals surface area (Å²) in [5.74, 6) is 0.752. The summed E-state index contributed by atoms with van der Waals surface area (Å²) in [6.07, 6.45) is 1.76. The normalized spacial score (nSPS) is 39.0. The predicted octanol–water partition coefficient (Wildman–Crippen LogP) is -0.0886. The van der Waals surface area contributed by atoms with Gasteiger partial charge in [-0.05, 0) is 12.3 Å². The molecule has 0 aliphatic carbocycles. The van der Waals surface area contributed by atoms with E-state index in [1.54, 1.807) is 0 Å². The summed E-state index contributed by atoms with van der Waals surface area (Å²) in [4.78, 5) is 10.8. The zero-order valence-electron chi connectivity index (χ0n) is 5.80. The molecule has 2 aliphatic rings. The molecule has 2 heterocycles. The molecule has 3 heteroatoms. The fourth-order valence-corrected chi connectivity index (χ4v) is 1.69. The van der Waals surface area contributed by atoms with Crippen molar-refractivity contribution >= 4 is 5.91 Å². The molecule has 0 radical (unpaired) electrons. The molecule has 2 saturated heterocycles. The lowest BCUT2D eigenvalue weighted by Crippen LogP contribution is -2.37. The fraction of sp³-hybridized carbons (Fsp3) is 0.857. The summed E-state index contributed by atoms with van der Waals surface area (Å²) in [6, 6.07) is 0.321. The van der Waals surface area contributed by atoms with Crippen LogP contribution in [0.25, 0.3) is 0 Å². The number of carbonyl (C=O) groups is 1. The maximum atomic E-state index is 10.8. The van der Waals surface area contributed by atoms with Gasteiger partial charge in [-0.2, -0.15) is 0 Å². The predicted molar refractivity (Wildman–Crippen MR) is 35.5 cm³/mol. The second-order valence-electron chi connectivity index (χ2n) is 3.00. The van der Waals surface area contributed by atoms with Crippen LogP contribution in [0.5, 0.6) is 0 Å². The highest BCUT2D eigenvalue weighted by Crippen LogP contribution is 2.23. The first kappa shape index (κ1) is 6.16. The highest BCUT2D eigenvalue weighted by molar-refractivity contribution is 5.79. The molecule has 0 bridgehead atoms. The van der Waals surface area contributed by atoms with Gasteiger partial charge in [0.2, 0.25) is 5.91 Å². The Morgan fingerprint density at radius 3 is 3.30 bits per heavy atom. The van der Waals surface area contributed by atoms with E-state index in [2.05, 4.69) is 5.32 Å². The summed E-state index contributed by atoms with van der Waals surface area (Å²) in [5, 5.41) is 2.89. The van der Waals surface area contributed by atoms with Crippen molar-refractivity contribution in [2.24, 2.45) is 5.92 Å². The van der Waals surface area contributed by atoms with Crippen LogP contribution in [0, 0.1) is 5.92 Å². The van der Waals surface area contributed by atoms with Crippen molar-refractivity contribution in [3.8, 4) is 0 Å². The van der Waals surface area contributed by atoms with Crippen LogP contribution in [0.4, 0.5) is 0 Å². The van der Waals surface area contributed by atoms with E-state index in [1.807, 2.05) is 0 Å². The molecule has 56 valence electrons. The van der Waals surface area contributed by atoms with E-state index in [4.69, 9.17) is 4.74 Å². The van der Waals surface area contributed by atoms with Gasteiger partial charge >= 0.3 is 0 Å². The highest BCUT2D eigenvalue weighted by Gasteiger charge is 2.34. The SMILES string of the molecule is O=C1CC2CCOCC2N1. The van der Waals surface area contributed by atoms with E-state index in [0.29, 0.717) is 18.4 Å². The van der Waals surface area contributed by atoms with Gasteiger partial charge in [0, 0.05) is 13.0 Å². The minimum Gasteiger partial charge on any atom is -0.379 e. The number of amides is 1. The Hall–Kier alpha value is -0.570. The molecule has 0 aromatic carbocycles. The first-order valence-electron chi connectivity index (χ1n) is 3.73. The third kappa shape index (κ3) is 0.904. The molecular formula is C7H11NO2. The summed E-state index contributed by atoms with van der Waals surface area (Å²) in [7, 11) is 0. The second kappa shape index (κ2) is 2.23. The fourth-order valence-electron chi connectivity index (χ4n) is 1.69. The Labute approximate surface area is 59.7 Å². The smallest absolute Gasteiger partial charge is 0.220 e. The molecule has 0 aromatic heterocycles. The molecule has 0 saturated carbocycles. The minimum absolute atomic E-state index is 0.195. The Morgan fingerprint density at radius 2 is 2.50 bits per heavy atom. The third-order valence-corrected chi connectivity index (χ3v) is 2.29. The summed E-state index contributed by atoms with van der Waals surface area (Å²) >= 11 is 0. The van der Waals surface area contributed by atoms with Crippen molar-refractivity contribution in [3.63, 3.8) is 0 Å². The molecule has 1 amide bonds. The molecule has 2 aliphatic heterocycles. The lowest BCUT2D eigenvalue weighted by Gasteiger charge is -2.23. The Bertz CT molecular complexity index is 142. The molecule has 0 aromatic rings. The van der Waals surface area contributed by atoms with Crippen LogP contribution in [-0.2, 0) is 9.53 Å². The number of hydrogen-bond donors (Lipinski definition) is 1. The van der Waals surface area contributed by atoms with Crippen molar-refractivity contribution in [2.75, 3.05) is 13.2 Å². The molecule has 3 nitrogen and oxygen atoms in total. The second-order valence-corrected chi connectivity index (χ2v) is 3.00. The Balaban J connectivity index is 2.04. The first-order chi connectivity index (χ1) is 4.86. The Morgan fingerprint density at radius 1 is 1.60 bits per heavy atom. The molecular weight excluding hydrogens is 130 g/mol. The van der Waals surface area contributed by atoms with E-state index in [1.165, 1.54) is 0 Å². The van der Waals surface area contributed by atoms with Crippen LogP contribution in [0.15, 0.2) is 0 Å². The quantitative estimate of drug-likeness (QED) is 0.512. The zero-order chi connectivity index (χ0) is 6.97. The third-order valence-electron chi connectivity index (χ3n) is 2.29. The molecule has 0 spiro atoms. The maximum Gasteiger partial charge on any atom is 0.220 e. The van der Waals surface area contributed by atoms with Crippen LogP contribution in [0.2, 0.25) is 0 Å². The van der Waals surface area contributed by atoms with Gasteiger partial charge in [-0.1, -0.05) is 0 Å². The number of nitrogens with one attached hydrogen (secondary N) is 1. The molecule has 2 fully saturated rings. The van der Waals surface area contributed by atoms with E-state index in [9.17, 15) is 4.79 Å². The van der Waals surface area contributed by atoms with Crippen LogP contribution >= 0.6 is 0 Å². The van der Waals surface area contributed by atoms with Gasteiger partial charge in [0.05, 0.1) is 12.6 Å². The van der Waals surface area contributed by atoms with E-state index < -0.39 is 0 Å². The summed E-state index contributed by atoms with van der Waals surface area (Å²) in [5.41, 5.74) is 0. The van der Waals surface area contributed by atoms with Gasteiger partial charge < -0.3 is 10.1 Å². The van der Waals surface area contributed by atoms with Crippen molar-refractivity contribution in [1.29, 1.82) is 0 Å². The standard InChI is InChI=1S/C7H11NO2/c9-7-3-5-1-2-10-4-6(5)8-7/h5-6H,1-4H2,(H,8,9). The van der Waals surface area contributed by atoms with Gasteiger partial charge in [-0.3, -0.25) is 4.79 Å². The lowest BCUT2D eigenvalue weighted by molar-refractivity contribution is -0.119. The zero-order valence-corrected chi connectivity index (χ0v) is 5.80.